The average molecular weight is 327 g/mol. The molecule has 0 aliphatic heterocycles. The van der Waals surface area contributed by atoms with Gasteiger partial charge in [0.05, 0.1) is 13.2 Å². The molecule has 0 radical (unpaired) electrons. The minimum Gasteiger partial charge on any atom is -0.494 e. The highest BCUT2D eigenvalue weighted by atomic mass is 16.5. The molecule has 1 amide bonds. The third-order valence-electron chi connectivity index (χ3n) is 3.61. The predicted octanol–water partition coefficient (Wildman–Crippen LogP) is 3.66. The highest BCUT2D eigenvalue weighted by Crippen LogP contribution is 2.15. The Bertz CT molecular complexity index is 638. The number of para-hydroxylation sites is 1. The number of carbonyl (C=O) groups excluding carboxylic acids is 1. The van der Waals surface area contributed by atoms with Crippen LogP contribution in [0.1, 0.15) is 24.0 Å². The molecule has 0 saturated carbocycles. The summed E-state index contributed by atoms with van der Waals surface area (Å²) in [4.78, 5) is 11.8. The monoisotopic (exact) mass is 327 g/mol. The van der Waals surface area contributed by atoms with E-state index >= 15 is 0 Å². The van der Waals surface area contributed by atoms with Crippen LogP contribution in [0.5, 0.6) is 11.5 Å². The summed E-state index contributed by atoms with van der Waals surface area (Å²) in [5.41, 5.74) is 2.30. The van der Waals surface area contributed by atoms with Crippen molar-refractivity contribution in [3.8, 4) is 11.5 Å². The Morgan fingerprint density at radius 1 is 0.958 bits per heavy atom. The Kier molecular flexibility index (Phi) is 7.15. The van der Waals surface area contributed by atoms with Crippen LogP contribution in [0.2, 0.25) is 0 Å². The van der Waals surface area contributed by atoms with E-state index in [1.54, 1.807) is 0 Å². The maximum Gasteiger partial charge on any atom is 0.220 e. The fourth-order valence-electron chi connectivity index (χ4n) is 2.22. The van der Waals surface area contributed by atoms with Crippen LogP contribution in [0.3, 0.4) is 0 Å². The summed E-state index contributed by atoms with van der Waals surface area (Å²) < 4.78 is 11.2. The van der Waals surface area contributed by atoms with Gasteiger partial charge in [0.25, 0.3) is 0 Å². The topological polar surface area (TPSA) is 47.6 Å². The number of ether oxygens (including phenoxy) is 2. The number of nitrogens with one attached hydrogen (secondary N) is 1. The molecule has 0 heterocycles. The number of amides is 1. The second-order valence-corrected chi connectivity index (χ2v) is 5.73. The summed E-state index contributed by atoms with van der Waals surface area (Å²) >= 11 is 0. The molecule has 24 heavy (non-hydrogen) atoms. The van der Waals surface area contributed by atoms with Gasteiger partial charge in [0, 0.05) is 6.42 Å². The highest BCUT2D eigenvalue weighted by molar-refractivity contribution is 5.75. The fourth-order valence-corrected chi connectivity index (χ4v) is 2.22. The van der Waals surface area contributed by atoms with Gasteiger partial charge in [0.15, 0.2) is 0 Å². The third-order valence-corrected chi connectivity index (χ3v) is 3.61. The molecule has 2 rings (SSSR count). The van der Waals surface area contributed by atoms with Crippen molar-refractivity contribution >= 4 is 5.91 Å². The molecule has 1 N–H and O–H groups in total. The summed E-state index contributed by atoms with van der Waals surface area (Å²) in [6.07, 6.45) is 1.15. The second kappa shape index (κ2) is 9.60. The van der Waals surface area contributed by atoms with E-state index < -0.39 is 0 Å². The first-order chi connectivity index (χ1) is 11.6. The van der Waals surface area contributed by atoms with Gasteiger partial charge in [0.1, 0.15) is 18.1 Å². The lowest BCUT2D eigenvalue weighted by atomic mass is 10.2. The molecule has 0 aliphatic carbocycles. The van der Waals surface area contributed by atoms with Gasteiger partial charge in [0.2, 0.25) is 5.91 Å². The summed E-state index contributed by atoms with van der Waals surface area (Å²) in [6, 6.07) is 15.8. The molecule has 0 unspecified atom stereocenters. The molecule has 4 nitrogen and oxygen atoms in total. The van der Waals surface area contributed by atoms with Gasteiger partial charge in [-0.3, -0.25) is 4.79 Å². The molecule has 0 bridgehead atoms. The quantitative estimate of drug-likeness (QED) is 0.715. The summed E-state index contributed by atoms with van der Waals surface area (Å²) in [6.45, 7) is 5.55. The van der Waals surface area contributed by atoms with E-state index in [1.165, 1.54) is 5.56 Å². The molecule has 0 spiro atoms. The smallest absolute Gasteiger partial charge is 0.220 e. The largest absolute Gasteiger partial charge is 0.494 e. The maximum absolute atomic E-state index is 11.8. The number of benzene rings is 2. The van der Waals surface area contributed by atoms with Gasteiger partial charge in [-0.15, -0.1) is 0 Å². The lowest BCUT2D eigenvalue weighted by Crippen LogP contribution is -2.28. The van der Waals surface area contributed by atoms with E-state index in [1.807, 2.05) is 62.4 Å². The van der Waals surface area contributed by atoms with E-state index in [4.69, 9.17) is 9.47 Å². The van der Waals surface area contributed by atoms with Crippen molar-refractivity contribution in [1.82, 2.24) is 5.32 Å². The van der Waals surface area contributed by atoms with Crippen molar-refractivity contribution in [2.75, 3.05) is 19.8 Å². The zero-order valence-electron chi connectivity index (χ0n) is 14.4. The van der Waals surface area contributed by atoms with Crippen LogP contribution in [0, 0.1) is 13.8 Å². The maximum atomic E-state index is 11.8. The van der Waals surface area contributed by atoms with Crippen LogP contribution in [0.15, 0.2) is 48.5 Å². The summed E-state index contributed by atoms with van der Waals surface area (Å²) in [5, 5.41) is 2.86. The van der Waals surface area contributed by atoms with Crippen molar-refractivity contribution in [3.05, 3.63) is 59.7 Å². The molecule has 4 heteroatoms. The fraction of sp³-hybridized carbons (Fsp3) is 0.350. The van der Waals surface area contributed by atoms with Crippen molar-refractivity contribution in [2.24, 2.45) is 0 Å². The Morgan fingerprint density at radius 2 is 1.71 bits per heavy atom. The normalized spacial score (nSPS) is 10.2. The van der Waals surface area contributed by atoms with Crippen LogP contribution >= 0.6 is 0 Å². The van der Waals surface area contributed by atoms with E-state index in [9.17, 15) is 4.79 Å². The molecular weight excluding hydrogens is 302 g/mol. The molecule has 0 saturated heterocycles. The van der Waals surface area contributed by atoms with Gasteiger partial charge in [-0.25, -0.2) is 0 Å². The van der Waals surface area contributed by atoms with Crippen LogP contribution in [0.25, 0.3) is 0 Å². The molecule has 2 aromatic carbocycles. The van der Waals surface area contributed by atoms with Crippen LogP contribution in [0.4, 0.5) is 0 Å². The predicted molar refractivity (Wildman–Crippen MR) is 95.6 cm³/mol. The first kappa shape index (κ1) is 17.9. The highest BCUT2D eigenvalue weighted by Gasteiger charge is 2.02. The van der Waals surface area contributed by atoms with Crippen molar-refractivity contribution in [1.29, 1.82) is 0 Å². The number of hydrogen-bond acceptors (Lipinski definition) is 3. The third kappa shape index (κ3) is 6.32. The first-order valence-electron chi connectivity index (χ1n) is 8.30. The number of rotatable bonds is 9. The molecule has 2 aromatic rings. The van der Waals surface area contributed by atoms with Crippen LogP contribution in [-0.4, -0.2) is 25.7 Å². The molecule has 0 fully saturated rings. The Labute approximate surface area is 143 Å². The summed E-state index contributed by atoms with van der Waals surface area (Å²) in [5.74, 6) is 1.72. The van der Waals surface area contributed by atoms with E-state index in [2.05, 4.69) is 5.32 Å². The lowest BCUT2D eigenvalue weighted by molar-refractivity contribution is -0.121. The van der Waals surface area contributed by atoms with Crippen LogP contribution < -0.4 is 14.8 Å². The van der Waals surface area contributed by atoms with Crippen molar-refractivity contribution in [3.63, 3.8) is 0 Å². The van der Waals surface area contributed by atoms with E-state index in [-0.39, 0.29) is 5.91 Å². The minimum atomic E-state index is 0.0240. The minimum absolute atomic E-state index is 0.0240. The van der Waals surface area contributed by atoms with Gasteiger partial charge in [-0.1, -0.05) is 35.9 Å². The van der Waals surface area contributed by atoms with Gasteiger partial charge < -0.3 is 14.8 Å². The lowest BCUT2D eigenvalue weighted by Gasteiger charge is -2.10. The molecule has 128 valence electrons. The zero-order valence-corrected chi connectivity index (χ0v) is 14.4. The Morgan fingerprint density at radius 3 is 2.46 bits per heavy atom. The zero-order chi connectivity index (χ0) is 17.2. The number of aryl methyl sites for hydroxylation is 2. The first-order valence-corrected chi connectivity index (χ1v) is 8.30. The molecule has 0 aliphatic rings. The van der Waals surface area contributed by atoms with Crippen LogP contribution in [-0.2, 0) is 4.79 Å². The van der Waals surface area contributed by atoms with Gasteiger partial charge >= 0.3 is 0 Å². The molecule has 0 aromatic heterocycles. The Balaban J connectivity index is 1.53. The van der Waals surface area contributed by atoms with Gasteiger partial charge in [-0.05, 0) is 44.0 Å². The molecular formula is C20H25NO3. The number of carbonyl (C=O) groups is 1. The second-order valence-electron chi connectivity index (χ2n) is 5.73. The van der Waals surface area contributed by atoms with Gasteiger partial charge in [-0.2, -0.15) is 0 Å². The van der Waals surface area contributed by atoms with Crippen molar-refractivity contribution < 1.29 is 14.3 Å². The molecule has 0 atom stereocenters. The number of hydrogen-bond donors (Lipinski definition) is 1. The Hall–Kier alpha value is -2.49. The van der Waals surface area contributed by atoms with E-state index in [0.717, 1.165) is 17.1 Å². The average Bonchev–Trinajstić information content (AvgIpc) is 2.58. The van der Waals surface area contributed by atoms with E-state index in [0.29, 0.717) is 32.6 Å². The summed E-state index contributed by atoms with van der Waals surface area (Å²) in [7, 11) is 0. The standard InChI is InChI=1S/C20H25NO3/c1-16-9-11-18(12-10-16)23-14-5-8-20(22)21-13-15-24-19-7-4-3-6-17(19)2/h3-4,6-7,9-12H,5,8,13-15H2,1-2H3,(H,21,22). The van der Waals surface area contributed by atoms with Crippen molar-refractivity contribution in [2.45, 2.75) is 26.7 Å². The SMILES string of the molecule is Cc1ccc(OCCCC(=O)NCCOc2ccccc2C)cc1.